The number of rotatable bonds is 4. The SMILES string of the molecule is CC12Cc3cnn(-c4ccc(F)cc4)c3C=C1CCC1C2C(O)CC2(C)C1CCC2(O)C(=O)NCc1nc2ccccc2o1. The normalized spacial score (nSPS) is 34.1. The summed E-state index contributed by atoms with van der Waals surface area (Å²) in [7, 11) is 0. The van der Waals surface area contributed by atoms with Crippen LogP contribution in [-0.2, 0) is 17.8 Å². The molecule has 8 rings (SSSR count). The Hall–Kier alpha value is -3.82. The number of aromatic nitrogens is 3. The topological polar surface area (TPSA) is 113 Å². The van der Waals surface area contributed by atoms with Crippen LogP contribution in [0.25, 0.3) is 22.9 Å². The summed E-state index contributed by atoms with van der Waals surface area (Å²) in [5.74, 6) is -0.0138. The molecule has 9 heteroatoms. The highest BCUT2D eigenvalue weighted by Crippen LogP contribution is 2.67. The number of hydrogen-bond acceptors (Lipinski definition) is 6. The highest BCUT2D eigenvalue weighted by atomic mass is 19.1. The van der Waals surface area contributed by atoms with E-state index in [1.54, 1.807) is 12.1 Å². The molecule has 0 bridgehead atoms. The number of fused-ring (bicyclic) bond motifs is 7. The van der Waals surface area contributed by atoms with Crippen LogP contribution in [0.4, 0.5) is 4.39 Å². The minimum absolute atomic E-state index is 0.00746. The summed E-state index contributed by atoms with van der Waals surface area (Å²) in [5.41, 5.74) is 3.02. The van der Waals surface area contributed by atoms with Crippen molar-refractivity contribution in [3.05, 3.63) is 83.3 Å². The molecule has 4 aromatic rings. The number of benzene rings is 2. The second kappa shape index (κ2) is 9.59. The zero-order chi connectivity index (χ0) is 30.4. The fourth-order valence-corrected chi connectivity index (χ4v) is 9.65. The smallest absolute Gasteiger partial charge is 0.252 e. The molecule has 7 atom stereocenters. The molecule has 0 radical (unpaired) electrons. The molecule has 1 amide bonds. The van der Waals surface area contributed by atoms with Gasteiger partial charge in [0.15, 0.2) is 5.58 Å². The van der Waals surface area contributed by atoms with E-state index in [1.807, 2.05) is 42.1 Å². The van der Waals surface area contributed by atoms with Crippen LogP contribution in [-0.4, -0.2) is 42.6 Å². The molecule has 4 aliphatic carbocycles. The predicted octanol–water partition coefficient (Wildman–Crippen LogP) is 5.35. The van der Waals surface area contributed by atoms with Gasteiger partial charge in [0.1, 0.15) is 16.9 Å². The first-order valence-electron chi connectivity index (χ1n) is 15.7. The van der Waals surface area contributed by atoms with Crippen molar-refractivity contribution in [1.29, 1.82) is 0 Å². The Morgan fingerprint density at radius 2 is 1.95 bits per heavy atom. The molecule has 7 unspecified atom stereocenters. The molecule has 3 fully saturated rings. The average Bonchev–Trinajstić information content (AvgIpc) is 3.68. The van der Waals surface area contributed by atoms with Gasteiger partial charge in [-0.25, -0.2) is 14.1 Å². The van der Waals surface area contributed by atoms with E-state index in [9.17, 15) is 19.4 Å². The molecular formula is C35H37FN4O4. The van der Waals surface area contributed by atoms with E-state index in [0.29, 0.717) is 24.3 Å². The lowest BCUT2D eigenvalue weighted by Gasteiger charge is -2.60. The van der Waals surface area contributed by atoms with Gasteiger partial charge in [-0.15, -0.1) is 0 Å². The number of para-hydroxylation sites is 2. The third-order valence-corrected chi connectivity index (χ3v) is 11.8. The van der Waals surface area contributed by atoms with E-state index in [1.165, 1.54) is 17.7 Å². The minimum Gasteiger partial charge on any atom is -0.439 e. The monoisotopic (exact) mass is 596 g/mol. The molecule has 2 aromatic carbocycles. The zero-order valence-electron chi connectivity index (χ0n) is 25.0. The first kappa shape index (κ1) is 27.7. The zero-order valence-corrected chi connectivity index (χ0v) is 25.0. The number of nitrogens with zero attached hydrogens (tertiary/aromatic N) is 3. The van der Waals surface area contributed by atoms with Gasteiger partial charge >= 0.3 is 0 Å². The van der Waals surface area contributed by atoms with Crippen LogP contribution in [0.15, 0.2) is 64.7 Å². The van der Waals surface area contributed by atoms with Gasteiger partial charge in [-0.05, 0) is 110 Å². The number of amides is 1. The van der Waals surface area contributed by atoms with Gasteiger partial charge in [0.2, 0.25) is 5.89 Å². The molecule has 44 heavy (non-hydrogen) atoms. The number of aliphatic hydroxyl groups excluding tert-OH is 1. The fraction of sp³-hybridized carbons (Fsp3) is 0.457. The fourth-order valence-electron chi connectivity index (χ4n) is 9.65. The Morgan fingerprint density at radius 1 is 1.16 bits per heavy atom. The first-order valence-corrected chi connectivity index (χ1v) is 15.7. The summed E-state index contributed by atoms with van der Waals surface area (Å²) in [5, 5.41) is 31.6. The lowest BCUT2D eigenvalue weighted by molar-refractivity contribution is -0.181. The largest absolute Gasteiger partial charge is 0.439 e. The first-order chi connectivity index (χ1) is 21.1. The molecule has 228 valence electrons. The molecule has 8 nitrogen and oxygen atoms in total. The maximum absolute atomic E-state index is 13.7. The van der Waals surface area contributed by atoms with Crippen molar-refractivity contribution >= 4 is 23.1 Å². The molecule has 2 heterocycles. The van der Waals surface area contributed by atoms with E-state index < -0.39 is 23.0 Å². The Morgan fingerprint density at radius 3 is 2.75 bits per heavy atom. The van der Waals surface area contributed by atoms with Crippen molar-refractivity contribution in [2.24, 2.45) is 28.6 Å². The molecule has 4 aliphatic rings. The lowest BCUT2D eigenvalue weighted by atomic mass is 9.45. The van der Waals surface area contributed by atoms with Crippen molar-refractivity contribution in [1.82, 2.24) is 20.1 Å². The van der Waals surface area contributed by atoms with Gasteiger partial charge in [-0.3, -0.25) is 4.79 Å². The third-order valence-electron chi connectivity index (χ3n) is 11.8. The summed E-state index contributed by atoms with van der Waals surface area (Å²) < 4.78 is 21.2. The van der Waals surface area contributed by atoms with Gasteiger partial charge < -0.3 is 19.9 Å². The lowest BCUT2D eigenvalue weighted by Crippen LogP contribution is -2.63. The van der Waals surface area contributed by atoms with Crippen LogP contribution >= 0.6 is 0 Å². The second-order valence-electron chi connectivity index (χ2n) is 13.9. The van der Waals surface area contributed by atoms with Crippen LogP contribution in [0.2, 0.25) is 0 Å². The van der Waals surface area contributed by atoms with Crippen molar-refractivity contribution in [2.45, 2.75) is 70.6 Å². The van der Waals surface area contributed by atoms with Gasteiger partial charge in [0.05, 0.1) is 30.2 Å². The maximum atomic E-state index is 13.7. The quantitative estimate of drug-likeness (QED) is 0.293. The summed E-state index contributed by atoms with van der Waals surface area (Å²) in [4.78, 5) is 18.2. The molecule has 0 spiro atoms. The van der Waals surface area contributed by atoms with Crippen LogP contribution in [0.5, 0.6) is 0 Å². The van der Waals surface area contributed by atoms with Crippen molar-refractivity contribution in [2.75, 3.05) is 0 Å². The summed E-state index contributed by atoms with van der Waals surface area (Å²) in [6.07, 6.45) is 7.45. The highest BCUT2D eigenvalue weighted by Gasteiger charge is 2.68. The molecule has 3 N–H and O–H groups in total. The standard InChI is InChI=1S/C35H37FN4O4/c1-33-16-20-18-38-40(23-10-8-22(36)9-11-23)27(20)15-21(33)7-12-24-25-13-14-35(43,34(25,2)17-28(41)31(24)33)32(42)37-19-30-39-26-5-3-4-6-29(26)44-30/h3-6,8-11,15,18,24-25,28,31,41,43H,7,12-14,16-17,19H2,1-2H3,(H,37,42). The average molecular weight is 597 g/mol. The van der Waals surface area contributed by atoms with Crippen molar-refractivity contribution in [3.8, 4) is 5.69 Å². The number of oxazole rings is 1. The summed E-state index contributed by atoms with van der Waals surface area (Å²) >= 11 is 0. The number of nitrogens with one attached hydrogen (secondary N) is 1. The van der Waals surface area contributed by atoms with E-state index in [-0.39, 0.29) is 35.5 Å². The molecule has 0 aliphatic heterocycles. The number of aliphatic hydroxyl groups is 2. The third kappa shape index (κ3) is 3.84. The Balaban J connectivity index is 1.05. The molecular weight excluding hydrogens is 559 g/mol. The molecule has 2 aromatic heterocycles. The Labute approximate surface area is 255 Å². The van der Waals surface area contributed by atoms with Crippen LogP contribution in [0.1, 0.15) is 63.1 Å². The van der Waals surface area contributed by atoms with Crippen molar-refractivity contribution in [3.63, 3.8) is 0 Å². The number of hydrogen-bond donors (Lipinski definition) is 3. The number of allylic oxidation sites excluding steroid dienone is 1. The maximum Gasteiger partial charge on any atom is 0.252 e. The predicted molar refractivity (Wildman–Crippen MR) is 162 cm³/mol. The van der Waals surface area contributed by atoms with Gasteiger partial charge in [0, 0.05) is 5.41 Å². The summed E-state index contributed by atoms with van der Waals surface area (Å²) in [6, 6.07) is 13.8. The van der Waals surface area contributed by atoms with E-state index in [2.05, 4.69) is 28.4 Å². The van der Waals surface area contributed by atoms with Gasteiger partial charge in [0.25, 0.3) is 5.91 Å². The molecule has 3 saturated carbocycles. The highest BCUT2D eigenvalue weighted by molar-refractivity contribution is 5.86. The van der Waals surface area contributed by atoms with Gasteiger partial charge in [-0.2, -0.15) is 5.10 Å². The van der Waals surface area contributed by atoms with Crippen molar-refractivity contribution < 1.29 is 23.8 Å². The molecule has 0 saturated heterocycles. The minimum atomic E-state index is -1.59. The second-order valence-corrected chi connectivity index (χ2v) is 13.9. The van der Waals surface area contributed by atoms with E-state index >= 15 is 0 Å². The number of carbonyl (C=O) groups is 1. The van der Waals surface area contributed by atoms with E-state index in [4.69, 9.17) is 4.42 Å². The number of halogens is 1. The van der Waals surface area contributed by atoms with Gasteiger partial charge in [-0.1, -0.05) is 31.6 Å². The number of carbonyl (C=O) groups excluding carboxylic acids is 1. The van der Waals surface area contributed by atoms with Crippen LogP contribution in [0, 0.1) is 34.4 Å². The summed E-state index contributed by atoms with van der Waals surface area (Å²) in [6.45, 7) is 4.36. The van der Waals surface area contributed by atoms with E-state index in [0.717, 1.165) is 48.1 Å². The van der Waals surface area contributed by atoms with Crippen LogP contribution < -0.4 is 5.32 Å². The Kier molecular flexibility index (Phi) is 6.04. The van der Waals surface area contributed by atoms with Crippen LogP contribution in [0.3, 0.4) is 0 Å². The Bertz CT molecular complexity index is 1780.